The minimum Gasteiger partial charge on any atom is -0.495 e. The number of alkyl halides is 3. The smallest absolute Gasteiger partial charge is 0.418 e. The van der Waals surface area contributed by atoms with Crippen molar-refractivity contribution in [3.8, 4) is 5.75 Å². The van der Waals surface area contributed by atoms with Gasteiger partial charge in [0.1, 0.15) is 5.75 Å². The van der Waals surface area contributed by atoms with Gasteiger partial charge in [-0.05, 0) is 55.3 Å². The highest BCUT2D eigenvalue weighted by molar-refractivity contribution is 5.76. The van der Waals surface area contributed by atoms with E-state index < -0.39 is 11.7 Å². The van der Waals surface area contributed by atoms with Gasteiger partial charge in [0.05, 0.1) is 24.0 Å². The Bertz CT molecular complexity index is 897. The summed E-state index contributed by atoms with van der Waals surface area (Å²) in [5.74, 6) is 0.644. The average molecular weight is 391 g/mol. The summed E-state index contributed by atoms with van der Waals surface area (Å²) in [6, 6.07) is 8.76. The molecule has 0 radical (unpaired) electrons. The van der Waals surface area contributed by atoms with Gasteiger partial charge in [0.25, 0.3) is 0 Å². The maximum atomic E-state index is 13.9. The van der Waals surface area contributed by atoms with Gasteiger partial charge < -0.3 is 20.3 Å². The molecular formula is C21H24F3N3O. The number of piperidine rings is 1. The number of nitrogens with zero attached hydrogens (tertiary/aromatic N) is 1. The molecule has 0 unspecified atom stereocenters. The maximum Gasteiger partial charge on any atom is 0.418 e. The predicted molar refractivity (Wildman–Crippen MR) is 105 cm³/mol. The zero-order chi connectivity index (χ0) is 20.1. The molecule has 1 fully saturated rings. The van der Waals surface area contributed by atoms with Crippen LogP contribution in [0.3, 0.4) is 0 Å². The van der Waals surface area contributed by atoms with Crippen molar-refractivity contribution >= 4 is 17.1 Å². The number of ether oxygens (including phenoxy) is 1. The van der Waals surface area contributed by atoms with E-state index in [1.165, 1.54) is 6.07 Å². The summed E-state index contributed by atoms with van der Waals surface area (Å²) in [6.07, 6.45) is -3.59. The third-order valence-electron chi connectivity index (χ3n) is 5.77. The van der Waals surface area contributed by atoms with E-state index >= 15 is 0 Å². The molecule has 0 aliphatic carbocycles. The average Bonchev–Trinajstić information content (AvgIpc) is 2.93. The van der Waals surface area contributed by atoms with E-state index in [1.54, 1.807) is 14.2 Å². The number of hydrogen-bond donors (Lipinski definition) is 2. The topological polar surface area (TPSA) is 36.5 Å². The van der Waals surface area contributed by atoms with Gasteiger partial charge >= 0.3 is 6.18 Å². The van der Waals surface area contributed by atoms with Crippen molar-refractivity contribution in [2.75, 3.05) is 37.5 Å². The molecule has 28 heavy (non-hydrogen) atoms. The highest BCUT2D eigenvalue weighted by Crippen LogP contribution is 2.50. The summed E-state index contributed by atoms with van der Waals surface area (Å²) in [5, 5.41) is 6.48. The zero-order valence-electron chi connectivity index (χ0n) is 16.2. The molecule has 2 aromatic carbocycles. The minimum absolute atomic E-state index is 0.0519. The van der Waals surface area contributed by atoms with Crippen LogP contribution in [0.2, 0.25) is 0 Å². The van der Waals surface area contributed by atoms with Gasteiger partial charge in [-0.1, -0.05) is 6.07 Å². The van der Waals surface area contributed by atoms with E-state index in [0.29, 0.717) is 29.4 Å². The molecule has 2 N–H and O–H groups in total. The SMILES string of the molecule is COc1ccc(C)cc1Nc1cc2c(c(C(F)(F)F)c1)N(C)[C@H]1CCNC[C@@H]21. The highest BCUT2D eigenvalue weighted by atomic mass is 19.4. The van der Waals surface area contributed by atoms with Crippen molar-refractivity contribution in [1.82, 2.24) is 5.32 Å². The molecule has 2 heterocycles. The van der Waals surface area contributed by atoms with E-state index in [9.17, 15) is 13.2 Å². The molecule has 2 aliphatic heterocycles. The van der Waals surface area contributed by atoms with Gasteiger partial charge in [-0.25, -0.2) is 0 Å². The number of nitrogens with one attached hydrogen (secondary N) is 2. The van der Waals surface area contributed by atoms with Crippen molar-refractivity contribution in [1.29, 1.82) is 0 Å². The van der Waals surface area contributed by atoms with Gasteiger partial charge in [0.15, 0.2) is 0 Å². The second-order valence-electron chi connectivity index (χ2n) is 7.57. The highest BCUT2D eigenvalue weighted by Gasteiger charge is 2.45. The number of hydrogen-bond acceptors (Lipinski definition) is 4. The Morgan fingerprint density at radius 2 is 2.00 bits per heavy atom. The summed E-state index contributed by atoms with van der Waals surface area (Å²) >= 11 is 0. The van der Waals surface area contributed by atoms with Gasteiger partial charge in [0.2, 0.25) is 0 Å². The van der Waals surface area contributed by atoms with E-state index in [1.807, 2.05) is 36.1 Å². The van der Waals surface area contributed by atoms with Crippen LogP contribution in [-0.4, -0.2) is 33.3 Å². The Labute approximate surface area is 162 Å². The fourth-order valence-electron chi connectivity index (χ4n) is 4.49. The van der Waals surface area contributed by atoms with Crippen LogP contribution in [0.4, 0.5) is 30.2 Å². The molecule has 0 saturated carbocycles. The molecule has 2 aliphatic rings. The van der Waals surface area contributed by atoms with Crippen LogP contribution < -0.4 is 20.3 Å². The standard InChI is InChI=1S/C21H24F3N3O/c1-12-4-5-19(28-3)17(8-12)26-13-9-14-15-11-25-7-6-18(15)27(2)20(14)16(10-13)21(22,23)24/h4-5,8-10,15,18,25-26H,6-7,11H2,1-3H3/t15-,18-/m0/s1. The van der Waals surface area contributed by atoms with E-state index in [0.717, 1.165) is 24.1 Å². The Hall–Kier alpha value is -2.41. The van der Waals surface area contributed by atoms with Crippen LogP contribution in [0.5, 0.6) is 5.75 Å². The fraction of sp³-hybridized carbons (Fsp3) is 0.429. The number of fused-ring (bicyclic) bond motifs is 3. The first kappa shape index (κ1) is 18.9. The number of likely N-dealkylation sites (N-methyl/N-ethyl adjacent to an activating group) is 1. The lowest BCUT2D eigenvalue weighted by molar-refractivity contribution is -0.137. The van der Waals surface area contributed by atoms with Crippen molar-refractivity contribution in [2.45, 2.75) is 31.5 Å². The van der Waals surface area contributed by atoms with Gasteiger partial charge in [-0.2, -0.15) is 13.2 Å². The van der Waals surface area contributed by atoms with Crippen LogP contribution in [0, 0.1) is 6.92 Å². The molecule has 0 bridgehead atoms. The molecule has 1 saturated heterocycles. The molecule has 4 nitrogen and oxygen atoms in total. The number of halogens is 3. The molecule has 2 atom stereocenters. The first-order valence-corrected chi connectivity index (χ1v) is 9.40. The Balaban J connectivity index is 1.82. The molecule has 0 aromatic heterocycles. The second kappa shape index (κ2) is 6.88. The molecule has 0 amide bonds. The van der Waals surface area contributed by atoms with Crippen LogP contribution >= 0.6 is 0 Å². The minimum atomic E-state index is -4.42. The number of methoxy groups -OCH3 is 1. The van der Waals surface area contributed by atoms with Crippen LogP contribution in [0.1, 0.15) is 29.0 Å². The molecule has 2 aromatic rings. The summed E-state index contributed by atoms with van der Waals surface area (Å²) < 4.78 is 47.1. The Morgan fingerprint density at radius 3 is 2.71 bits per heavy atom. The van der Waals surface area contributed by atoms with Crippen molar-refractivity contribution in [3.63, 3.8) is 0 Å². The van der Waals surface area contributed by atoms with E-state index in [4.69, 9.17) is 4.74 Å². The quantitative estimate of drug-likeness (QED) is 0.798. The molecule has 150 valence electrons. The van der Waals surface area contributed by atoms with Crippen LogP contribution in [-0.2, 0) is 6.18 Å². The predicted octanol–water partition coefficient (Wildman–Crippen LogP) is 4.66. The van der Waals surface area contributed by atoms with Gasteiger partial charge in [-0.15, -0.1) is 0 Å². The lowest BCUT2D eigenvalue weighted by atomic mass is 9.89. The van der Waals surface area contributed by atoms with Crippen LogP contribution in [0.15, 0.2) is 30.3 Å². The molecule has 7 heteroatoms. The molecule has 4 rings (SSSR count). The van der Waals surface area contributed by atoms with E-state index in [2.05, 4.69) is 10.6 Å². The van der Waals surface area contributed by atoms with Crippen molar-refractivity contribution in [3.05, 3.63) is 47.0 Å². The number of anilines is 3. The van der Waals surface area contributed by atoms with Crippen molar-refractivity contribution in [2.24, 2.45) is 0 Å². The first-order chi connectivity index (χ1) is 13.3. The van der Waals surface area contributed by atoms with Gasteiger partial charge in [-0.3, -0.25) is 0 Å². The van der Waals surface area contributed by atoms with Gasteiger partial charge in [0, 0.05) is 31.2 Å². The van der Waals surface area contributed by atoms with Crippen LogP contribution in [0.25, 0.3) is 0 Å². The second-order valence-corrected chi connectivity index (χ2v) is 7.57. The summed E-state index contributed by atoms with van der Waals surface area (Å²) in [5.41, 5.74) is 2.55. The fourth-order valence-corrected chi connectivity index (χ4v) is 4.49. The lowest BCUT2D eigenvalue weighted by Crippen LogP contribution is -2.42. The summed E-state index contributed by atoms with van der Waals surface area (Å²) in [7, 11) is 3.33. The molecular weight excluding hydrogens is 367 g/mol. The Morgan fingerprint density at radius 1 is 1.21 bits per heavy atom. The molecule has 0 spiro atoms. The number of aryl methyl sites for hydroxylation is 1. The monoisotopic (exact) mass is 391 g/mol. The Kier molecular flexibility index (Phi) is 4.65. The van der Waals surface area contributed by atoms with E-state index in [-0.39, 0.29) is 12.0 Å². The maximum absolute atomic E-state index is 13.9. The number of rotatable bonds is 3. The lowest BCUT2D eigenvalue weighted by Gasteiger charge is -2.31. The first-order valence-electron chi connectivity index (χ1n) is 9.40. The third-order valence-corrected chi connectivity index (χ3v) is 5.77. The third kappa shape index (κ3) is 3.17. The largest absolute Gasteiger partial charge is 0.495 e. The number of benzene rings is 2. The summed E-state index contributed by atoms with van der Waals surface area (Å²) in [4.78, 5) is 1.82. The van der Waals surface area contributed by atoms with Crippen molar-refractivity contribution < 1.29 is 17.9 Å². The normalized spacial score (nSPS) is 21.3. The summed E-state index contributed by atoms with van der Waals surface area (Å²) in [6.45, 7) is 3.45. The zero-order valence-corrected chi connectivity index (χ0v) is 16.2.